The smallest absolute Gasteiger partial charge is 0.243 e. The lowest BCUT2D eigenvalue weighted by atomic mass is 9.64. The number of anilines is 1. The molecule has 102 valence electrons. The second-order valence-electron chi connectivity index (χ2n) is 5.92. The van der Waals surface area contributed by atoms with E-state index in [1.54, 1.807) is 7.11 Å². The molecule has 2 aromatic heterocycles. The average molecular weight is 260 g/mol. The Bertz CT molecular complexity index is 605. The van der Waals surface area contributed by atoms with E-state index in [-0.39, 0.29) is 5.41 Å². The standard InChI is InChI=1S/C14H20N4O/c1-9-5-6-12-16-13(17-18(12)8-9)15-10-7-11(19-4)14(10,2)3/h5-6,8,10-11H,7H2,1-4H3,(H,15,17). The lowest BCUT2D eigenvalue weighted by Gasteiger charge is -2.51. The lowest BCUT2D eigenvalue weighted by molar-refractivity contribution is -0.0796. The Morgan fingerprint density at radius 1 is 1.42 bits per heavy atom. The van der Waals surface area contributed by atoms with Gasteiger partial charge in [-0.2, -0.15) is 4.98 Å². The number of fused-ring (bicyclic) bond motifs is 1. The molecular formula is C14H20N4O. The minimum Gasteiger partial charge on any atom is -0.381 e. The third-order valence-corrected chi connectivity index (χ3v) is 4.24. The number of methoxy groups -OCH3 is 1. The van der Waals surface area contributed by atoms with E-state index in [2.05, 4.69) is 29.2 Å². The average Bonchev–Trinajstić information content (AvgIpc) is 2.75. The third kappa shape index (κ3) is 1.98. The summed E-state index contributed by atoms with van der Waals surface area (Å²) in [5.74, 6) is 0.693. The first-order chi connectivity index (χ1) is 9.00. The fraction of sp³-hybridized carbons (Fsp3) is 0.571. The SMILES string of the molecule is COC1CC(Nc2nc3ccc(C)cn3n2)C1(C)C. The highest BCUT2D eigenvalue weighted by molar-refractivity contribution is 5.45. The number of hydrogen-bond acceptors (Lipinski definition) is 4. The van der Waals surface area contributed by atoms with Gasteiger partial charge in [0.05, 0.1) is 6.10 Å². The van der Waals surface area contributed by atoms with Gasteiger partial charge in [-0.3, -0.25) is 0 Å². The van der Waals surface area contributed by atoms with Crippen LogP contribution in [-0.4, -0.2) is 33.9 Å². The molecule has 2 aromatic rings. The summed E-state index contributed by atoms with van der Waals surface area (Å²) in [6.45, 7) is 6.47. The van der Waals surface area contributed by atoms with E-state index in [0.717, 1.165) is 12.1 Å². The van der Waals surface area contributed by atoms with Crippen LogP contribution in [0.5, 0.6) is 0 Å². The quantitative estimate of drug-likeness (QED) is 0.919. The number of pyridine rings is 1. The van der Waals surface area contributed by atoms with Gasteiger partial charge >= 0.3 is 0 Å². The van der Waals surface area contributed by atoms with Gasteiger partial charge in [0.25, 0.3) is 0 Å². The van der Waals surface area contributed by atoms with Crippen LogP contribution in [0.1, 0.15) is 25.8 Å². The highest BCUT2D eigenvalue weighted by Crippen LogP contribution is 2.43. The van der Waals surface area contributed by atoms with Gasteiger partial charge in [0, 0.05) is 24.8 Å². The first-order valence-electron chi connectivity index (χ1n) is 6.63. The van der Waals surface area contributed by atoms with E-state index in [0.29, 0.717) is 18.1 Å². The predicted molar refractivity (Wildman–Crippen MR) is 74.3 cm³/mol. The molecule has 1 saturated carbocycles. The topological polar surface area (TPSA) is 51.5 Å². The fourth-order valence-corrected chi connectivity index (χ4v) is 2.73. The maximum absolute atomic E-state index is 5.46. The first-order valence-corrected chi connectivity index (χ1v) is 6.63. The maximum Gasteiger partial charge on any atom is 0.243 e. The molecule has 5 heteroatoms. The van der Waals surface area contributed by atoms with Crippen molar-refractivity contribution in [3.63, 3.8) is 0 Å². The molecule has 1 N–H and O–H groups in total. The molecule has 2 atom stereocenters. The molecule has 2 unspecified atom stereocenters. The van der Waals surface area contributed by atoms with E-state index in [1.807, 2.05) is 29.8 Å². The Kier molecular flexibility index (Phi) is 2.74. The molecule has 0 spiro atoms. The number of ether oxygens (including phenoxy) is 1. The van der Waals surface area contributed by atoms with Crippen LogP contribution >= 0.6 is 0 Å². The van der Waals surface area contributed by atoms with Gasteiger partial charge in [0.1, 0.15) is 0 Å². The molecule has 0 saturated heterocycles. The molecule has 0 bridgehead atoms. The molecule has 1 fully saturated rings. The van der Waals surface area contributed by atoms with E-state index < -0.39 is 0 Å². The van der Waals surface area contributed by atoms with Crippen LogP contribution in [0, 0.1) is 12.3 Å². The van der Waals surface area contributed by atoms with Crippen LogP contribution in [0.2, 0.25) is 0 Å². The van der Waals surface area contributed by atoms with Crippen molar-refractivity contribution < 1.29 is 4.74 Å². The molecule has 2 heterocycles. The lowest BCUT2D eigenvalue weighted by Crippen LogP contribution is -2.57. The molecule has 0 aromatic carbocycles. The van der Waals surface area contributed by atoms with Crippen LogP contribution in [0.4, 0.5) is 5.95 Å². The van der Waals surface area contributed by atoms with Crippen molar-refractivity contribution in [3.8, 4) is 0 Å². The van der Waals surface area contributed by atoms with E-state index >= 15 is 0 Å². The van der Waals surface area contributed by atoms with Crippen molar-refractivity contribution in [1.29, 1.82) is 0 Å². The zero-order chi connectivity index (χ0) is 13.6. The molecule has 19 heavy (non-hydrogen) atoms. The molecule has 0 amide bonds. The van der Waals surface area contributed by atoms with Crippen LogP contribution in [0.25, 0.3) is 5.65 Å². The number of nitrogens with zero attached hydrogens (tertiary/aromatic N) is 3. The number of rotatable bonds is 3. The fourth-order valence-electron chi connectivity index (χ4n) is 2.73. The summed E-state index contributed by atoms with van der Waals surface area (Å²) in [6, 6.07) is 4.38. The number of aromatic nitrogens is 3. The molecular weight excluding hydrogens is 240 g/mol. The second-order valence-corrected chi connectivity index (χ2v) is 5.92. The Balaban J connectivity index is 1.79. The molecule has 0 aliphatic heterocycles. The van der Waals surface area contributed by atoms with Crippen molar-refractivity contribution in [1.82, 2.24) is 14.6 Å². The van der Waals surface area contributed by atoms with Gasteiger partial charge in [-0.05, 0) is 25.0 Å². The predicted octanol–water partition coefficient (Wildman–Crippen LogP) is 2.26. The summed E-state index contributed by atoms with van der Waals surface area (Å²) in [5.41, 5.74) is 2.16. The number of nitrogens with one attached hydrogen (secondary N) is 1. The van der Waals surface area contributed by atoms with Gasteiger partial charge in [-0.15, -0.1) is 5.10 Å². The van der Waals surface area contributed by atoms with Crippen LogP contribution < -0.4 is 5.32 Å². The highest BCUT2D eigenvalue weighted by atomic mass is 16.5. The molecule has 3 rings (SSSR count). The van der Waals surface area contributed by atoms with Crippen molar-refractivity contribution in [2.45, 2.75) is 39.3 Å². The van der Waals surface area contributed by atoms with Crippen molar-refractivity contribution in [2.24, 2.45) is 5.41 Å². The molecule has 1 aliphatic carbocycles. The second kappa shape index (κ2) is 4.20. The Morgan fingerprint density at radius 2 is 2.21 bits per heavy atom. The summed E-state index contributed by atoms with van der Waals surface area (Å²) in [4.78, 5) is 4.49. The summed E-state index contributed by atoms with van der Waals surface area (Å²) in [6.07, 6.45) is 3.29. The van der Waals surface area contributed by atoms with E-state index in [9.17, 15) is 0 Å². The monoisotopic (exact) mass is 260 g/mol. The largest absolute Gasteiger partial charge is 0.381 e. The molecule has 5 nitrogen and oxygen atoms in total. The van der Waals surface area contributed by atoms with E-state index in [4.69, 9.17) is 4.74 Å². The minimum absolute atomic E-state index is 0.113. The van der Waals surface area contributed by atoms with Crippen LogP contribution in [0.3, 0.4) is 0 Å². The number of hydrogen-bond donors (Lipinski definition) is 1. The van der Waals surface area contributed by atoms with Crippen molar-refractivity contribution >= 4 is 11.6 Å². The Labute approximate surface area is 113 Å². The van der Waals surface area contributed by atoms with Gasteiger partial charge in [0.2, 0.25) is 5.95 Å². The molecule has 1 aliphatic rings. The third-order valence-electron chi connectivity index (χ3n) is 4.24. The van der Waals surface area contributed by atoms with Crippen LogP contribution in [-0.2, 0) is 4.74 Å². The Hall–Kier alpha value is -1.62. The zero-order valence-corrected chi connectivity index (χ0v) is 11.8. The summed E-state index contributed by atoms with van der Waals surface area (Å²) in [7, 11) is 1.77. The minimum atomic E-state index is 0.113. The van der Waals surface area contributed by atoms with Gasteiger partial charge < -0.3 is 10.1 Å². The van der Waals surface area contributed by atoms with Crippen molar-refractivity contribution in [2.75, 3.05) is 12.4 Å². The normalized spacial score (nSPS) is 25.3. The van der Waals surface area contributed by atoms with Crippen LogP contribution in [0.15, 0.2) is 18.3 Å². The Morgan fingerprint density at radius 3 is 2.89 bits per heavy atom. The number of aryl methyl sites for hydroxylation is 1. The van der Waals surface area contributed by atoms with Gasteiger partial charge in [-0.25, -0.2) is 4.52 Å². The zero-order valence-electron chi connectivity index (χ0n) is 11.8. The van der Waals surface area contributed by atoms with Gasteiger partial charge in [0.15, 0.2) is 5.65 Å². The summed E-state index contributed by atoms with van der Waals surface area (Å²) >= 11 is 0. The summed E-state index contributed by atoms with van der Waals surface area (Å²) < 4.78 is 7.27. The highest BCUT2D eigenvalue weighted by Gasteiger charge is 2.48. The van der Waals surface area contributed by atoms with Gasteiger partial charge in [-0.1, -0.05) is 19.9 Å². The van der Waals surface area contributed by atoms with Crippen molar-refractivity contribution in [3.05, 3.63) is 23.9 Å². The van der Waals surface area contributed by atoms with E-state index in [1.165, 1.54) is 5.56 Å². The maximum atomic E-state index is 5.46. The summed E-state index contributed by atoms with van der Waals surface area (Å²) in [5, 5.41) is 7.88. The first kappa shape index (κ1) is 12.4. The molecule has 0 radical (unpaired) electrons.